The van der Waals surface area contributed by atoms with Crippen LogP contribution in [0.1, 0.15) is 34.7 Å². The maximum Gasteiger partial charge on any atom is 0.303 e. The molecule has 3 N–H and O–H groups in total. The second-order valence-electron chi connectivity index (χ2n) is 8.39. The number of aliphatic hydroxyl groups is 2. The second-order valence-corrected chi connectivity index (χ2v) is 8.82. The minimum atomic E-state index is -2.07. The number of carboxylic acids is 1. The average molecular weight is 463 g/mol. The Labute approximate surface area is 194 Å². The molecule has 2 aromatic carbocycles. The van der Waals surface area contributed by atoms with Crippen LogP contribution in [0, 0.1) is 17.2 Å². The number of aliphatic hydroxyl groups excluding tert-OH is 1. The summed E-state index contributed by atoms with van der Waals surface area (Å²) < 4.78 is 6.48. The maximum atomic E-state index is 12.2. The molecule has 8 heteroatoms. The molecule has 2 heterocycles. The number of aromatic nitrogens is 1. The molecule has 0 unspecified atom stereocenters. The molecule has 5 atom stereocenters. The lowest BCUT2D eigenvalue weighted by Crippen LogP contribution is -2.52. The van der Waals surface area contributed by atoms with E-state index in [1.807, 2.05) is 18.2 Å². The number of halogens is 1. The highest BCUT2D eigenvalue weighted by molar-refractivity contribution is 6.30. The van der Waals surface area contributed by atoms with Crippen molar-refractivity contribution in [1.82, 2.24) is 4.98 Å². The lowest BCUT2D eigenvalue weighted by Gasteiger charge is -2.40. The number of hydrogen-bond acceptors (Lipinski definition) is 6. The predicted octanol–water partition coefficient (Wildman–Crippen LogP) is 3.33. The number of benzene rings is 2. The zero-order chi connectivity index (χ0) is 23.4. The van der Waals surface area contributed by atoms with Crippen molar-refractivity contribution in [3.8, 4) is 11.8 Å². The normalized spacial score (nSPS) is 29.6. The van der Waals surface area contributed by atoms with Crippen LogP contribution in [0.15, 0.2) is 66.9 Å². The SMILES string of the molecule is N#Cc1ccc([C@@]23Oc4cc(Cl)cnc4[C@]2(O)[C@H](O)[C@H](CC(=O)O)[C@H]3c2ccccc2)cc1. The van der Waals surface area contributed by atoms with Gasteiger partial charge in [0.05, 0.1) is 29.2 Å². The molecule has 0 amide bonds. The Morgan fingerprint density at radius 3 is 2.52 bits per heavy atom. The van der Waals surface area contributed by atoms with E-state index in [0.717, 1.165) is 0 Å². The highest BCUT2D eigenvalue weighted by atomic mass is 35.5. The van der Waals surface area contributed by atoms with E-state index < -0.39 is 41.5 Å². The van der Waals surface area contributed by atoms with Crippen molar-refractivity contribution in [2.75, 3.05) is 0 Å². The van der Waals surface area contributed by atoms with Gasteiger partial charge in [0, 0.05) is 24.1 Å². The number of carboxylic acid groups (broad SMARTS) is 1. The molecule has 1 fully saturated rings. The average Bonchev–Trinajstić information content (AvgIpc) is 3.17. The Bertz CT molecular complexity index is 1280. The van der Waals surface area contributed by atoms with Gasteiger partial charge < -0.3 is 20.1 Å². The Hall–Kier alpha value is -3.44. The molecule has 0 radical (unpaired) electrons. The van der Waals surface area contributed by atoms with E-state index >= 15 is 0 Å². The monoisotopic (exact) mass is 462 g/mol. The van der Waals surface area contributed by atoms with Gasteiger partial charge in [0.1, 0.15) is 11.4 Å². The van der Waals surface area contributed by atoms with Crippen molar-refractivity contribution >= 4 is 17.6 Å². The van der Waals surface area contributed by atoms with Gasteiger partial charge in [0.25, 0.3) is 0 Å². The van der Waals surface area contributed by atoms with E-state index in [-0.39, 0.29) is 11.4 Å². The van der Waals surface area contributed by atoms with Gasteiger partial charge in [-0.05, 0) is 23.3 Å². The maximum absolute atomic E-state index is 12.2. The van der Waals surface area contributed by atoms with Crippen LogP contribution in [-0.2, 0) is 16.0 Å². The molecule has 3 aromatic rings. The molecule has 2 aliphatic rings. The minimum Gasteiger partial charge on any atom is -0.481 e. The largest absolute Gasteiger partial charge is 0.481 e. The number of rotatable bonds is 4. The summed E-state index contributed by atoms with van der Waals surface area (Å²) in [5.74, 6) is -2.54. The molecule has 33 heavy (non-hydrogen) atoms. The van der Waals surface area contributed by atoms with Crippen LogP contribution >= 0.6 is 11.6 Å². The Balaban J connectivity index is 1.84. The van der Waals surface area contributed by atoms with E-state index in [9.17, 15) is 25.4 Å². The van der Waals surface area contributed by atoms with Gasteiger partial charge >= 0.3 is 5.97 Å². The quantitative estimate of drug-likeness (QED) is 0.543. The number of hydrogen-bond donors (Lipinski definition) is 3. The van der Waals surface area contributed by atoms with Crippen molar-refractivity contribution in [1.29, 1.82) is 5.26 Å². The molecule has 1 aromatic heterocycles. The van der Waals surface area contributed by atoms with Crippen molar-refractivity contribution < 1.29 is 24.9 Å². The number of aliphatic carboxylic acids is 1. The van der Waals surface area contributed by atoms with E-state index in [4.69, 9.17) is 16.3 Å². The standard InChI is InChI=1S/C25H19ClN2O5/c26-17-10-19-22(28-13-17)24(32)23(31)18(11-20(29)30)21(15-4-2-1-3-5-15)25(24,33-19)16-8-6-14(12-27)7-9-16/h1-10,13,18,21,23,31-32H,11H2,(H,29,30)/t18-,21-,23-,24+,25+/m1/s1. The Morgan fingerprint density at radius 1 is 1.18 bits per heavy atom. The fourth-order valence-corrected chi connectivity index (χ4v) is 5.64. The molecule has 1 saturated carbocycles. The first-order valence-electron chi connectivity index (χ1n) is 10.4. The molecule has 1 aliphatic heterocycles. The third-order valence-electron chi connectivity index (χ3n) is 6.73. The Morgan fingerprint density at radius 2 is 1.88 bits per heavy atom. The Kier molecular flexibility index (Phi) is 4.91. The molecule has 1 aliphatic carbocycles. The molecular weight excluding hydrogens is 444 g/mol. The number of carbonyl (C=O) groups is 1. The number of fused-ring (bicyclic) bond motifs is 3. The van der Waals surface area contributed by atoms with Crippen molar-refractivity contribution in [2.45, 2.75) is 29.6 Å². The summed E-state index contributed by atoms with van der Waals surface area (Å²) in [7, 11) is 0. The third-order valence-corrected chi connectivity index (χ3v) is 6.94. The molecular formula is C25H19ClN2O5. The zero-order valence-corrected chi connectivity index (χ0v) is 18.0. The zero-order valence-electron chi connectivity index (χ0n) is 17.2. The van der Waals surface area contributed by atoms with Gasteiger partial charge in [0.2, 0.25) is 0 Å². The van der Waals surface area contributed by atoms with Gasteiger partial charge in [-0.1, -0.05) is 54.1 Å². The van der Waals surface area contributed by atoms with Crippen LogP contribution in [0.25, 0.3) is 0 Å². The summed E-state index contributed by atoms with van der Waals surface area (Å²) in [6, 6.07) is 19.2. The van der Waals surface area contributed by atoms with E-state index in [0.29, 0.717) is 21.7 Å². The summed E-state index contributed by atoms with van der Waals surface area (Å²) in [5, 5.41) is 43.0. The van der Waals surface area contributed by atoms with Crippen LogP contribution in [0.5, 0.6) is 5.75 Å². The van der Waals surface area contributed by atoms with Crippen LogP contribution in [-0.4, -0.2) is 32.4 Å². The summed E-state index contributed by atoms with van der Waals surface area (Å²) in [6.07, 6.45) is -0.553. The lowest BCUT2D eigenvalue weighted by atomic mass is 9.71. The second kappa shape index (κ2) is 7.56. The summed E-state index contributed by atoms with van der Waals surface area (Å²) >= 11 is 6.14. The molecule has 0 bridgehead atoms. The van der Waals surface area contributed by atoms with Crippen LogP contribution < -0.4 is 4.74 Å². The summed E-state index contributed by atoms with van der Waals surface area (Å²) in [5.41, 5.74) is -1.99. The van der Waals surface area contributed by atoms with Gasteiger partial charge in [-0.15, -0.1) is 0 Å². The molecule has 0 spiro atoms. The minimum absolute atomic E-state index is 0.0950. The highest BCUT2D eigenvalue weighted by Crippen LogP contribution is 2.68. The molecule has 7 nitrogen and oxygen atoms in total. The van der Waals surface area contributed by atoms with Gasteiger partial charge in [-0.2, -0.15) is 5.26 Å². The fraction of sp³-hybridized carbons (Fsp3) is 0.240. The molecule has 166 valence electrons. The smallest absolute Gasteiger partial charge is 0.303 e. The van der Waals surface area contributed by atoms with Crippen molar-refractivity contribution in [3.05, 3.63) is 94.3 Å². The number of nitriles is 1. The lowest BCUT2D eigenvalue weighted by molar-refractivity contribution is -0.155. The van der Waals surface area contributed by atoms with Crippen LogP contribution in [0.3, 0.4) is 0 Å². The number of nitrogens with zero attached hydrogens (tertiary/aromatic N) is 2. The topological polar surface area (TPSA) is 124 Å². The number of ether oxygens (including phenoxy) is 1. The first-order chi connectivity index (χ1) is 15.8. The van der Waals surface area contributed by atoms with Gasteiger partial charge in [-0.25, -0.2) is 0 Å². The van der Waals surface area contributed by atoms with Gasteiger partial charge in [-0.3, -0.25) is 9.78 Å². The first kappa shape index (κ1) is 21.4. The van der Waals surface area contributed by atoms with Crippen LogP contribution in [0.2, 0.25) is 5.02 Å². The highest BCUT2D eigenvalue weighted by Gasteiger charge is 2.76. The van der Waals surface area contributed by atoms with E-state index in [1.165, 1.54) is 12.3 Å². The third kappa shape index (κ3) is 2.89. The number of pyridine rings is 1. The van der Waals surface area contributed by atoms with Crippen molar-refractivity contribution in [3.63, 3.8) is 0 Å². The molecule has 5 rings (SSSR count). The van der Waals surface area contributed by atoms with E-state index in [2.05, 4.69) is 11.1 Å². The van der Waals surface area contributed by atoms with E-state index in [1.54, 1.807) is 36.4 Å². The van der Waals surface area contributed by atoms with Gasteiger partial charge in [0.15, 0.2) is 11.2 Å². The predicted molar refractivity (Wildman–Crippen MR) is 118 cm³/mol. The van der Waals surface area contributed by atoms with Crippen molar-refractivity contribution in [2.24, 2.45) is 5.92 Å². The summed E-state index contributed by atoms with van der Waals surface area (Å²) in [6.45, 7) is 0. The van der Waals surface area contributed by atoms with Crippen LogP contribution in [0.4, 0.5) is 0 Å². The molecule has 0 saturated heterocycles. The summed E-state index contributed by atoms with van der Waals surface area (Å²) in [4.78, 5) is 16.1. The fourth-order valence-electron chi connectivity index (χ4n) is 5.49. The first-order valence-corrected chi connectivity index (χ1v) is 10.7.